The number of nitrogens with zero attached hydrogens (tertiary/aromatic N) is 2. The lowest BCUT2D eigenvalue weighted by Crippen LogP contribution is -2.57. The quantitative estimate of drug-likeness (QED) is 0.782. The Balaban J connectivity index is 1.47. The van der Waals surface area contributed by atoms with Crippen molar-refractivity contribution in [3.63, 3.8) is 0 Å². The van der Waals surface area contributed by atoms with E-state index in [0.717, 1.165) is 19.0 Å². The minimum absolute atomic E-state index is 0.0659. The van der Waals surface area contributed by atoms with Crippen LogP contribution < -0.4 is 5.32 Å². The third-order valence-corrected chi connectivity index (χ3v) is 5.02. The average molecular weight is 279 g/mol. The van der Waals surface area contributed by atoms with Crippen LogP contribution in [0.3, 0.4) is 0 Å². The number of carbonyl (C=O) groups is 1. The van der Waals surface area contributed by atoms with Crippen molar-refractivity contribution >= 4 is 6.03 Å². The Morgan fingerprint density at radius 2 is 2.15 bits per heavy atom. The molecule has 5 nitrogen and oxygen atoms in total. The number of piperidine rings is 3. The molecule has 2 amide bonds. The summed E-state index contributed by atoms with van der Waals surface area (Å²) in [6, 6.07) is 0.575. The molecule has 4 atom stereocenters. The molecule has 4 aliphatic heterocycles. The van der Waals surface area contributed by atoms with Gasteiger partial charge < -0.3 is 15.0 Å². The topological polar surface area (TPSA) is 44.8 Å². The van der Waals surface area contributed by atoms with E-state index in [1.165, 1.54) is 19.4 Å². The normalized spacial score (nSPS) is 36.7. The average Bonchev–Trinajstić information content (AvgIpc) is 2.53. The summed E-state index contributed by atoms with van der Waals surface area (Å²) < 4.78 is 5.27. The van der Waals surface area contributed by atoms with Gasteiger partial charge in [0, 0.05) is 32.2 Å². The second kappa shape index (κ2) is 6.14. The van der Waals surface area contributed by atoms with Crippen LogP contribution in [0.25, 0.3) is 0 Å². The number of carbonyl (C=O) groups excluding carboxylic acids is 1. The molecule has 0 radical (unpaired) electrons. The van der Waals surface area contributed by atoms with Crippen LogP contribution in [0.5, 0.6) is 0 Å². The Labute approximate surface area is 120 Å². The highest BCUT2D eigenvalue weighted by Gasteiger charge is 2.38. The monoisotopic (exact) mass is 279 g/mol. The van der Waals surface area contributed by atoms with Crippen LogP contribution in [-0.2, 0) is 4.74 Å². The first-order valence-corrected chi connectivity index (χ1v) is 7.75. The lowest BCUT2D eigenvalue weighted by Gasteiger charge is -2.49. The van der Waals surface area contributed by atoms with Crippen molar-refractivity contribution in [3.8, 4) is 0 Å². The predicted molar refractivity (Wildman–Crippen MR) is 77.6 cm³/mol. The van der Waals surface area contributed by atoms with Gasteiger partial charge in [-0.15, -0.1) is 6.58 Å². The standard InChI is InChI=1S/C15H25N3O2/c1-2-12-11-18-4-3-13(12)9-14(18)10-16-15(19)17-5-7-20-8-6-17/h2,12-14H,1,3-11H2,(H,16,19)/t12-,13-,14+/m0/s1. The van der Waals surface area contributed by atoms with Crippen LogP contribution in [0.2, 0.25) is 0 Å². The first-order valence-electron chi connectivity index (χ1n) is 7.75. The molecule has 4 aliphatic rings. The number of fused-ring (bicyclic) bond motifs is 3. The highest BCUT2D eigenvalue weighted by atomic mass is 16.5. The number of hydrogen-bond donors (Lipinski definition) is 1. The zero-order valence-corrected chi connectivity index (χ0v) is 12.1. The van der Waals surface area contributed by atoms with Gasteiger partial charge in [0.05, 0.1) is 13.2 Å². The van der Waals surface area contributed by atoms with E-state index in [9.17, 15) is 4.79 Å². The van der Waals surface area contributed by atoms with Crippen molar-refractivity contribution in [2.24, 2.45) is 11.8 Å². The van der Waals surface area contributed by atoms with Crippen molar-refractivity contribution in [2.45, 2.75) is 18.9 Å². The first-order chi connectivity index (χ1) is 9.78. The number of morpholine rings is 1. The molecule has 4 saturated heterocycles. The largest absolute Gasteiger partial charge is 0.378 e. The van der Waals surface area contributed by atoms with E-state index in [4.69, 9.17) is 4.74 Å². The van der Waals surface area contributed by atoms with Crippen molar-refractivity contribution < 1.29 is 9.53 Å². The lowest BCUT2D eigenvalue weighted by atomic mass is 9.75. The second-order valence-corrected chi connectivity index (χ2v) is 6.12. The van der Waals surface area contributed by atoms with Gasteiger partial charge in [-0.1, -0.05) is 6.08 Å². The van der Waals surface area contributed by atoms with Gasteiger partial charge in [-0.3, -0.25) is 4.90 Å². The van der Waals surface area contributed by atoms with Crippen molar-refractivity contribution in [1.82, 2.24) is 15.1 Å². The summed E-state index contributed by atoms with van der Waals surface area (Å²) in [5, 5.41) is 3.10. The number of ether oxygens (including phenoxy) is 1. The third-order valence-electron chi connectivity index (χ3n) is 5.02. The number of urea groups is 1. The van der Waals surface area contributed by atoms with E-state index in [2.05, 4.69) is 22.9 Å². The second-order valence-electron chi connectivity index (χ2n) is 6.12. The number of hydrogen-bond acceptors (Lipinski definition) is 3. The molecule has 1 N–H and O–H groups in total. The summed E-state index contributed by atoms with van der Waals surface area (Å²) in [5.41, 5.74) is 0. The summed E-state index contributed by atoms with van der Waals surface area (Å²) in [7, 11) is 0. The molecule has 0 aromatic carbocycles. The molecule has 0 saturated carbocycles. The molecule has 0 aromatic rings. The summed E-state index contributed by atoms with van der Waals surface area (Å²) in [5.74, 6) is 1.41. The minimum atomic E-state index is 0.0659. The highest BCUT2D eigenvalue weighted by Crippen LogP contribution is 2.36. The number of amides is 2. The van der Waals surface area contributed by atoms with Crippen LogP contribution in [0.15, 0.2) is 12.7 Å². The zero-order chi connectivity index (χ0) is 13.9. The molecule has 0 aliphatic carbocycles. The van der Waals surface area contributed by atoms with Gasteiger partial charge in [-0.2, -0.15) is 0 Å². The van der Waals surface area contributed by atoms with Crippen molar-refractivity contribution in [1.29, 1.82) is 0 Å². The number of nitrogens with one attached hydrogen (secondary N) is 1. The maximum absolute atomic E-state index is 12.1. The molecule has 1 unspecified atom stereocenters. The van der Waals surface area contributed by atoms with E-state index >= 15 is 0 Å². The van der Waals surface area contributed by atoms with E-state index in [1.807, 2.05) is 4.90 Å². The van der Waals surface area contributed by atoms with Crippen LogP contribution in [0.4, 0.5) is 4.79 Å². The maximum Gasteiger partial charge on any atom is 0.317 e. The van der Waals surface area contributed by atoms with E-state index < -0.39 is 0 Å². The zero-order valence-electron chi connectivity index (χ0n) is 12.1. The Morgan fingerprint density at radius 3 is 2.80 bits per heavy atom. The summed E-state index contributed by atoms with van der Waals surface area (Å²) in [6.07, 6.45) is 4.59. The fraction of sp³-hybridized carbons (Fsp3) is 0.800. The first kappa shape index (κ1) is 13.9. The fourth-order valence-electron chi connectivity index (χ4n) is 3.74. The van der Waals surface area contributed by atoms with Gasteiger partial charge in [-0.05, 0) is 31.2 Å². The molecule has 112 valence electrons. The lowest BCUT2D eigenvalue weighted by molar-refractivity contribution is 0.0186. The fourth-order valence-corrected chi connectivity index (χ4v) is 3.74. The van der Waals surface area contributed by atoms with E-state index in [-0.39, 0.29) is 6.03 Å². The van der Waals surface area contributed by atoms with E-state index in [1.54, 1.807) is 0 Å². The van der Waals surface area contributed by atoms with Gasteiger partial charge in [0.2, 0.25) is 0 Å². The summed E-state index contributed by atoms with van der Waals surface area (Å²) in [4.78, 5) is 16.5. The van der Waals surface area contributed by atoms with Gasteiger partial charge in [0.15, 0.2) is 0 Å². The van der Waals surface area contributed by atoms with Crippen molar-refractivity contribution in [3.05, 3.63) is 12.7 Å². The van der Waals surface area contributed by atoms with Gasteiger partial charge in [0.25, 0.3) is 0 Å². The summed E-state index contributed by atoms with van der Waals surface area (Å²) >= 11 is 0. The molecule has 4 rings (SSSR count). The van der Waals surface area contributed by atoms with Crippen LogP contribution >= 0.6 is 0 Å². The third kappa shape index (κ3) is 2.83. The molecule has 0 aromatic heterocycles. The van der Waals surface area contributed by atoms with Gasteiger partial charge in [0.1, 0.15) is 0 Å². The Bertz CT molecular complexity index is 368. The van der Waals surface area contributed by atoms with Crippen LogP contribution in [0, 0.1) is 11.8 Å². The predicted octanol–water partition coefficient (Wildman–Crippen LogP) is 0.925. The SMILES string of the molecule is C=C[C@H]1CN2CC[C@H]1C[C@@H]2CNC(=O)N1CCOCC1. The van der Waals surface area contributed by atoms with Gasteiger partial charge in [-0.25, -0.2) is 4.79 Å². The highest BCUT2D eigenvalue weighted by molar-refractivity contribution is 5.74. The number of rotatable bonds is 3. The Kier molecular flexibility index (Phi) is 4.27. The molecule has 4 fully saturated rings. The van der Waals surface area contributed by atoms with Crippen LogP contribution in [-0.4, -0.2) is 67.8 Å². The molecule has 2 bridgehead atoms. The molecule has 0 spiro atoms. The Morgan fingerprint density at radius 1 is 1.35 bits per heavy atom. The molecular weight excluding hydrogens is 254 g/mol. The Hall–Kier alpha value is -1.07. The molecule has 20 heavy (non-hydrogen) atoms. The minimum Gasteiger partial charge on any atom is -0.378 e. The molecule has 4 heterocycles. The molecule has 5 heteroatoms. The van der Waals surface area contributed by atoms with Gasteiger partial charge >= 0.3 is 6.03 Å². The van der Waals surface area contributed by atoms with Crippen LogP contribution in [0.1, 0.15) is 12.8 Å². The van der Waals surface area contributed by atoms with E-state index in [0.29, 0.717) is 38.3 Å². The van der Waals surface area contributed by atoms with Crippen molar-refractivity contribution in [2.75, 3.05) is 45.9 Å². The maximum atomic E-state index is 12.1. The molecular formula is C15H25N3O2. The summed E-state index contributed by atoms with van der Waals surface area (Å²) in [6.45, 7) is 9.75. The smallest absolute Gasteiger partial charge is 0.317 e.